The Morgan fingerprint density at radius 1 is 1.14 bits per heavy atom. The summed E-state index contributed by atoms with van der Waals surface area (Å²) >= 11 is 0. The Kier molecular flexibility index (Phi) is 3.73. The van der Waals surface area contributed by atoms with E-state index < -0.39 is 0 Å². The molecule has 0 bridgehead atoms. The third-order valence-corrected chi connectivity index (χ3v) is 3.48. The van der Waals surface area contributed by atoms with Crippen LogP contribution in [0.3, 0.4) is 0 Å². The first kappa shape index (κ1) is 13.4. The SMILES string of the molecule is O=C1NCCN1c1ccc(NCc2ccccc2F)cc1. The van der Waals surface area contributed by atoms with Crippen LogP contribution in [0.25, 0.3) is 0 Å². The van der Waals surface area contributed by atoms with Crippen LogP contribution in [-0.2, 0) is 6.54 Å². The smallest absolute Gasteiger partial charge is 0.321 e. The number of nitrogens with one attached hydrogen (secondary N) is 2. The Bertz CT molecular complexity index is 642. The summed E-state index contributed by atoms with van der Waals surface area (Å²) in [6.07, 6.45) is 0. The number of benzene rings is 2. The zero-order valence-electron chi connectivity index (χ0n) is 11.5. The van der Waals surface area contributed by atoms with Gasteiger partial charge in [0.2, 0.25) is 0 Å². The molecule has 1 heterocycles. The van der Waals surface area contributed by atoms with Gasteiger partial charge < -0.3 is 10.6 Å². The molecule has 21 heavy (non-hydrogen) atoms. The number of hydrogen-bond acceptors (Lipinski definition) is 2. The molecule has 0 spiro atoms. The summed E-state index contributed by atoms with van der Waals surface area (Å²) in [5, 5.41) is 5.94. The maximum Gasteiger partial charge on any atom is 0.321 e. The molecule has 2 amide bonds. The monoisotopic (exact) mass is 285 g/mol. The first-order valence-electron chi connectivity index (χ1n) is 6.87. The quantitative estimate of drug-likeness (QED) is 0.907. The normalized spacial score (nSPS) is 14.1. The Morgan fingerprint density at radius 2 is 1.90 bits per heavy atom. The summed E-state index contributed by atoms with van der Waals surface area (Å²) < 4.78 is 13.5. The van der Waals surface area contributed by atoms with Crippen LogP contribution >= 0.6 is 0 Å². The van der Waals surface area contributed by atoms with E-state index in [1.165, 1.54) is 6.07 Å². The molecule has 5 heteroatoms. The highest BCUT2D eigenvalue weighted by molar-refractivity contribution is 5.94. The molecule has 1 aliphatic rings. The number of nitrogens with zero attached hydrogens (tertiary/aromatic N) is 1. The lowest BCUT2D eigenvalue weighted by Crippen LogP contribution is -2.27. The van der Waals surface area contributed by atoms with Gasteiger partial charge in [0.05, 0.1) is 0 Å². The van der Waals surface area contributed by atoms with E-state index in [9.17, 15) is 9.18 Å². The largest absolute Gasteiger partial charge is 0.381 e. The van der Waals surface area contributed by atoms with Gasteiger partial charge in [0.1, 0.15) is 5.82 Å². The molecule has 1 saturated heterocycles. The molecule has 2 N–H and O–H groups in total. The lowest BCUT2D eigenvalue weighted by atomic mass is 10.2. The molecular formula is C16H16FN3O. The van der Waals surface area contributed by atoms with Gasteiger partial charge in [0, 0.05) is 36.6 Å². The van der Waals surface area contributed by atoms with Crippen LogP contribution in [0.5, 0.6) is 0 Å². The summed E-state index contributed by atoms with van der Waals surface area (Å²) in [5.74, 6) is -0.213. The Morgan fingerprint density at radius 3 is 2.57 bits per heavy atom. The maximum atomic E-state index is 13.5. The van der Waals surface area contributed by atoms with Crippen molar-refractivity contribution in [3.05, 3.63) is 59.9 Å². The number of urea groups is 1. The second kappa shape index (κ2) is 5.83. The third kappa shape index (κ3) is 2.97. The fourth-order valence-electron chi connectivity index (χ4n) is 2.32. The highest BCUT2D eigenvalue weighted by Gasteiger charge is 2.20. The van der Waals surface area contributed by atoms with Crippen molar-refractivity contribution in [2.75, 3.05) is 23.3 Å². The molecule has 0 radical (unpaired) electrons. The van der Waals surface area contributed by atoms with Crippen LogP contribution in [0, 0.1) is 5.82 Å². The van der Waals surface area contributed by atoms with E-state index >= 15 is 0 Å². The molecule has 0 atom stereocenters. The van der Waals surface area contributed by atoms with Crippen molar-refractivity contribution < 1.29 is 9.18 Å². The standard InChI is InChI=1S/C16H16FN3O/c17-15-4-2-1-3-12(15)11-19-13-5-7-14(8-6-13)20-10-9-18-16(20)21/h1-8,19H,9-11H2,(H,18,21). The summed E-state index contributed by atoms with van der Waals surface area (Å²) in [4.78, 5) is 13.3. The average molecular weight is 285 g/mol. The molecule has 0 unspecified atom stereocenters. The minimum absolute atomic E-state index is 0.0675. The molecule has 3 rings (SSSR count). The van der Waals surface area contributed by atoms with Crippen molar-refractivity contribution in [2.24, 2.45) is 0 Å². The highest BCUT2D eigenvalue weighted by atomic mass is 19.1. The van der Waals surface area contributed by atoms with Gasteiger partial charge in [0.15, 0.2) is 0 Å². The topological polar surface area (TPSA) is 44.4 Å². The van der Waals surface area contributed by atoms with E-state index in [1.54, 1.807) is 17.0 Å². The van der Waals surface area contributed by atoms with Crippen LogP contribution in [0.4, 0.5) is 20.6 Å². The molecule has 4 nitrogen and oxygen atoms in total. The predicted octanol–water partition coefficient (Wildman–Crippen LogP) is 2.97. The minimum atomic E-state index is -0.213. The van der Waals surface area contributed by atoms with Crippen LogP contribution in [0.15, 0.2) is 48.5 Å². The van der Waals surface area contributed by atoms with E-state index in [2.05, 4.69) is 10.6 Å². The summed E-state index contributed by atoms with van der Waals surface area (Å²) in [6, 6.07) is 14.2. The number of carbonyl (C=O) groups excluding carboxylic acids is 1. The molecule has 0 aromatic heterocycles. The molecule has 1 fully saturated rings. The lowest BCUT2D eigenvalue weighted by molar-refractivity contribution is 0.252. The van der Waals surface area contributed by atoms with Crippen LogP contribution in [0.2, 0.25) is 0 Å². The van der Waals surface area contributed by atoms with E-state index in [-0.39, 0.29) is 11.8 Å². The van der Waals surface area contributed by atoms with Crippen molar-refractivity contribution in [3.8, 4) is 0 Å². The maximum absolute atomic E-state index is 13.5. The van der Waals surface area contributed by atoms with Gasteiger partial charge in [-0.15, -0.1) is 0 Å². The second-order valence-electron chi connectivity index (χ2n) is 4.88. The Labute approximate surface area is 122 Å². The van der Waals surface area contributed by atoms with Crippen LogP contribution < -0.4 is 15.5 Å². The fourth-order valence-corrected chi connectivity index (χ4v) is 2.32. The van der Waals surface area contributed by atoms with Gasteiger partial charge in [-0.2, -0.15) is 0 Å². The highest BCUT2D eigenvalue weighted by Crippen LogP contribution is 2.20. The molecule has 0 saturated carbocycles. The number of amides is 2. The predicted molar refractivity (Wildman–Crippen MR) is 80.9 cm³/mol. The summed E-state index contributed by atoms with van der Waals surface area (Å²) in [6.45, 7) is 1.78. The second-order valence-corrected chi connectivity index (χ2v) is 4.88. The Balaban J connectivity index is 1.65. The van der Waals surface area contributed by atoms with Crippen molar-refractivity contribution in [1.82, 2.24) is 5.32 Å². The number of hydrogen-bond donors (Lipinski definition) is 2. The van der Waals surface area contributed by atoms with E-state index in [4.69, 9.17) is 0 Å². The first-order valence-corrected chi connectivity index (χ1v) is 6.87. The summed E-state index contributed by atoms with van der Waals surface area (Å²) in [7, 11) is 0. The average Bonchev–Trinajstić information content (AvgIpc) is 2.93. The van der Waals surface area contributed by atoms with Crippen LogP contribution in [-0.4, -0.2) is 19.1 Å². The fraction of sp³-hybridized carbons (Fsp3) is 0.188. The van der Waals surface area contributed by atoms with E-state index in [1.807, 2.05) is 30.3 Å². The van der Waals surface area contributed by atoms with Gasteiger partial charge in [-0.1, -0.05) is 18.2 Å². The van der Waals surface area contributed by atoms with Gasteiger partial charge in [-0.25, -0.2) is 9.18 Å². The third-order valence-electron chi connectivity index (χ3n) is 3.48. The van der Waals surface area contributed by atoms with Crippen molar-refractivity contribution in [3.63, 3.8) is 0 Å². The number of anilines is 2. The van der Waals surface area contributed by atoms with E-state index in [0.29, 0.717) is 25.2 Å². The lowest BCUT2D eigenvalue weighted by Gasteiger charge is -2.15. The summed E-state index contributed by atoms with van der Waals surface area (Å²) in [5.41, 5.74) is 2.38. The minimum Gasteiger partial charge on any atom is -0.381 e. The van der Waals surface area contributed by atoms with Gasteiger partial charge in [-0.3, -0.25) is 4.90 Å². The molecule has 2 aromatic carbocycles. The van der Waals surface area contributed by atoms with Crippen molar-refractivity contribution >= 4 is 17.4 Å². The molecule has 2 aromatic rings. The Hall–Kier alpha value is -2.56. The number of halogens is 1. The zero-order valence-corrected chi connectivity index (χ0v) is 11.5. The van der Waals surface area contributed by atoms with Crippen LogP contribution in [0.1, 0.15) is 5.56 Å². The van der Waals surface area contributed by atoms with Gasteiger partial charge in [-0.05, 0) is 30.3 Å². The first-order chi connectivity index (χ1) is 10.2. The van der Waals surface area contributed by atoms with Crippen molar-refractivity contribution in [2.45, 2.75) is 6.54 Å². The number of rotatable bonds is 4. The molecular weight excluding hydrogens is 269 g/mol. The molecule has 108 valence electrons. The zero-order chi connectivity index (χ0) is 14.7. The van der Waals surface area contributed by atoms with Crippen molar-refractivity contribution in [1.29, 1.82) is 0 Å². The van der Waals surface area contributed by atoms with Gasteiger partial charge in [0.25, 0.3) is 0 Å². The molecule has 0 aliphatic carbocycles. The number of carbonyl (C=O) groups is 1. The molecule has 1 aliphatic heterocycles. The van der Waals surface area contributed by atoms with E-state index in [0.717, 1.165) is 11.4 Å². The van der Waals surface area contributed by atoms with Gasteiger partial charge >= 0.3 is 6.03 Å².